The van der Waals surface area contributed by atoms with Crippen LogP contribution in [0.5, 0.6) is 0 Å². The van der Waals surface area contributed by atoms with Crippen molar-refractivity contribution in [3.63, 3.8) is 0 Å². The van der Waals surface area contributed by atoms with Crippen LogP contribution in [-0.2, 0) is 24.2 Å². The first-order valence-electron chi connectivity index (χ1n) is 10.8. The number of hydrogen-bond donors (Lipinski definition) is 0. The Morgan fingerprint density at radius 3 is 2.65 bits per heavy atom. The number of rotatable bonds is 8. The van der Waals surface area contributed by atoms with E-state index in [1.54, 1.807) is 34.6 Å². The van der Waals surface area contributed by atoms with Crippen molar-refractivity contribution >= 4 is 33.8 Å². The molecule has 0 aliphatic carbocycles. The lowest BCUT2D eigenvalue weighted by molar-refractivity contribution is -0.131. The Labute approximate surface area is 205 Å². The highest BCUT2D eigenvalue weighted by Crippen LogP contribution is 2.25. The number of furan rings is 1. The minimum atomic E-state index is -0.316. The number of carbonyl (C=O) groups excluding carboxylic acids is 1. The number of halogens is 2. The Bertz CT molecular complexity index is 1390. The summed E-state index contributed by atoms with van der Waals surface area (Å²) in [5.41, 5.74) is 3.73. The van der Waals surface area contributed by atoms with Gasteiger partial charge in [-0.2, -0.15) is 0 Å². The molecular weight excluding hydrogens is 473 g/mol. The molecule has 5 rings (SSSR count). The predicted molar refractivity (Wildman–Crippen MR) is 131 cm³/mol. The third kappa shape index (κ3) is 5.05. The summed E-state index contributed by atoms with van der Waals surface area (Å²) < 4.78 is 20.8. The van der Waals surface area contributed by atoms with Crippen LogP contribution in [-0.4, -0.2) is 26.7 Å². The zero-order valence-electron chi connectivity index (χ0n) is 18.2. The Morgan fingerprint density at radius 2 is 1.91 bits per heavy atom. The lowest BCUT2D eigenvalue weighted by Crippen LogP contribution is -2.33. The smallest absolute Gasteiger partial charge is 0.227 e. The van der Waals surface area contributed by atoms with E-state index in [0.717, 1.165) is 33.2 Å². The lowest BCUT2D eigenvalue weighted by Gasteiger charge is -2.22. The van der Waals surface area contributed by atoms with Gasteiger partial charge in [-0.15, -0.1) is 11.3 Å². The van der Waals surface area contributed by atoms with Crippen LogP contribution in [0, 0.1) is 5.82 Å². The zero-order chi connectivity index (χ0) is 23.5. The topological polar surface area (TPSA) is 50.8 Å². The maximum atomic E-state index is 13.2. The number of fused-ring (bicyclic) bond motifs is 1. The van der Waals surface area contributed by atoms with Gasteiger partial charge in [-0.3, -0.25) is 9.20 Å². The third-order valence-electron chi connectivity index (χ3n) is 5.61. The maximum absolute atomic E-state index is 13.2. The number of aromatic nitrogens is 2. The van der Waals surface area contributed by atoms with Crippen molar-refractivity contribution < 1.29 is 13.6 Å². The fourth-order valence-corrected chi connectivity index (χ4v) is 4.82. The molecule has 0 atom stereocenters. The fourth-order valence-electron chi connectivity index (χ4n) is 3.79. The largest absolute Gasteiger partial charge is 0.467 e. The molecule has 34 heavy (non-hydrogen) atoms. The fraction of sp³-hybridized carbons (Fsp3) is 0.154. The van der Waals surface area contributed by atoms with Gasteiger partial charge in [0, 0.05) is 40.8 Å². The molecule has 3 heterocycles. The molecular formula is C26H21ClFN3O2S. The van der Waals surface area contributed by atoms with Crippen LogP contribution in [0.4, 0.5) is 4.39 Å². The summed E-state index contributed by atoms with van der Waals surface area (Å²) in [6.07, 6.45) is 4.48. The summed E-state index contributed by atoms with van der Waals surface area (Å²) in [7, 11) is 0. The predicted octanol–water partition coefficient (Wildman–Crippen LogP) is 6.26. The molecule has 0 aliphatic rings. The first-order chi connectivity index (χ1) is 16.5. The molecule has 0 saturated heterocycles. The van der Waals surface area contributed by atoms with Gasteiger partial charge in [-0.1, -0.05) is 35.9 Å². The van der Waals surface area contributed by atoms with Gasteiger partial charge in [0.05, 0.1) is 24.9 Å². The molecule has 3 aromatic heterocycles. The number of thiazole rings is 1. The number of nitrogens with zero attached hydrogens (tertiary/aromatic N) is 3. The highest BCUT2D eigenvalue weighted by molar-refractivity contribution is 7.15. The molecule has 2 aromatic carbocycles. The molecule has 0 aliphatic heterocycles. The van der Waals surface area contributed by atoms with Crippen molar-refractivity contribution in [2.45, 2.75) is 19.4 Å². The van der Waals surface area contributed by atoms with Gasteiger partial charge in [-0.25, -0.2) is 9.37 Å². The van der Waals surface area contributed by atoms with E-state index in [1.807, 2.05) is 42.6 Å². The van der Waals surface area contributed by atoms with Gasteiger partial charge in [0.2, 0.25) is 5.91 Å². The van der Waals surface area contributed by atoms with Crippen LogP contribution in [0.15, 0.2) is 82.9 Å². The average Bonchev–Trinajstić information content (AvgIpc) is 3.57. The second kappa shape index (κ2) is 9.83. The highest BCUT2D eigenvalue weighted by Gasteiger charge is 2.18. The number of carbonyl (C=O) groups is 1. The van der Waals surface area contributed by atoms with E-state index in [1.165, 1.54) is 12.1 Å². The van der Waals surface area contributed by atoms with E-state index in [9.17, 15) is 9.18 Å². The molecule has 0 unspecified atom stereocenters. The molecule has 0 N–H and O–H groups in total. The van der Waals surface area contributed by atoms with Crippen molar-refractivity contribution in [1.29, 1.82) is 0 Å². The molecule has 1 amide bonds. The van der Waals surface area contributed by atoms with Gasteiger partial charge in [0.25, 0.3) is 0 Å². The lowest BCUT2D eigenvalue weighted by atomic mass is 10.1. The number of amides is 1. The Kier molecular flexibility index (Phi) is 6.47. The zero-order valence-corrected chi connectivity index (χ0v) is 19.7. The molecule has 0 saturated carbocycles. The summed E-state index contributed by atoms with van der Waals surface area (Å²) in [4.78, 5) is 20.5. The summed E-state index contributed by atoms with van der Waals surface area (Å²) in [5.74, 6) is 0.362. The third-order valence-corrected chi connectivity index (χ3v) is 6.75. The van der Waals surface area contributed by atoms with Crippen LogP contribution in [0.2, 0.25) is 5.02 Å². The minimum Gasteiger partial charge on any atom is -0.467 e. The standard InChI is InChI=1S/C26H21ClFN3O2S/c27-20-7-5-19(6-8-20)24-16-31-22(17-34-26(31)29-24)11-12-30(15-23-2-1-13-33-23)25(32)14-18-3-9-21(28)10-4-18/h1-10,13,16-17H,11-12,14-15H2. The van der Waals surface area contributed by atoms with E-state index < -0.39 is 0 Å². The molecule has 0 fully saturated rings. The van der Waals surface area contributed by atoms with E-state index in [0.29, 0.717) is 24.5 Å². The van der Waals surface area contributed by atoms with Crippen molar-refractivity contribution in [2.24, 2.45) is 0 Å². The molecule has 172 valence electrons. The molecule has 5 nitrogen and oxygen atoms in total. The summed E-state index contributed by atoms with van der Waals surface area (Å²) in [5, 5.41) is 2.76. The van der Waals surface area contributed by atoms with Crippen molar-refractivity contribution in [1.82, 2.24) is 14.3 Å². The maximum Gasteiger partial charge on any atom is 0.227 e. The van der Waals surface area contributed by atoms with E-state index in [2.05, 4.69) is 9.78 Å². The molecule has 5 aromatic rings. The minimum absolute atomic E-state index is 0.0398. The summed E-state index contributed by atoms with van der Waals surface area (Å²) >= 11 is 7.58. The van der Waals surface area contributed by atoms with E-state index >= 15 is 0 Å². The Hall–Kier alpha value is -3.42. The highest BCUT2D eigenvalue weighted by atomic mass is 35.5. The molecule has 0 spiro atoms. The van der Waals surface area contributed by atoms with E-state index in [-0.39, 0.29) is 18.1 Å². The van der Waals surface area contributed by atoms with Crippen LogP contribution in [0.25, 0.3) is 16.2 Å². The van der Waals surface area contributed by atoms with Crippen LogP contribution < -0.4 is 0 Å². The Morgan fingerprint density at radius 1 is 1.12 bits per heavy atom. The second-order valence-corrected chi connectivity index (χ2v) is 9.23. The Balaban J connectivity index is 1.33. The normalized spacial score (nSPS) is 11.2. The summed E-state index contributed by atoms with van der Waals surface area (Å²) in [6.45, 7) is 0.890. The molecule has 8 heteroatoms. The van der Waals surface area contributed by atoms with E-state index in [4.69, 9.17) is 21.0 Å². The molecule has 0 radical (unpaired) electrons. The van der Waals surface area contributed by atoms with Crippen LogP contribution in [0.3, 0.4) is 0 Å². The monoisotopic (exact) mass is 493 g/mol. The van der Waals surface area contributed by atoms with Crippen molar-refractivity contribution in [3.05, 3.63) is 106 Å². The van der Waals surface area contributed by atoms with Crippen molar-refractivity contribution in [2.75, 3.05) is 6.54 Å². The first-order valence-corrected chi connectivity index (χ1v) is 12.1. The second-order valence-electron chi connectivity index (χ2n) is 7.96. The van der Waals surface area contributed by atoms with Crippen LogP contribution >= 0.6 is 22.9 Å². The molecule has 0 bridgehead atoms. The quantitative estimate of drug-likeness (QED) is 0.256. The van der Waals surface area contributed by atoms with Crippen LogP contribution in [0.1, 0.15) is 17.0 Å². The average molecular weight is 494 g/mol. The van der Waals surface area contributed by atoms with Gasteiger partial charge in [0.15, 0.2) is 4.96 Å². The number of imidazole rings is 1. The van der Waals surface area contributed by atoms with Gasteiger partial charge in [-0.05, 0) is 42.0 Å². The number of benzene rings is 2. The number of hydrogen-bond acceptors (Lipinski definition) is 4. The van der Waals surface area contributed by atoms with Gasteiger partial charge < -0.3 is 9.32 Å². The summed E-state index contributed by atoms with van der Waals surface area (Å²) in [6, 6.07) is 17.3. The van der Waals surface area contributed by atoms with Crippen molar-refractivity contribution in [3.8, 4) is 11.3 Å². The van der Waals surface area contributed by atoms with Gasteiger partial charge >= 0.3 is 0 Å². The first kappa shape index (κ1) is 22.4. The van der Waals surface area contributed by atoms with Gasteiger partial charge in [0.1, 0.15) is 11.6 Å². The SMILES string of the molecule is O=C(Cc1ccc(F)cc1)N(CCc1csc2nc(-c3ccc(Cl)cc3)cn12)Cc1ccco1.